The van der Waals surface area contributed by atoms with Crippen molar-refractivity contribution in [2.24, 2.45) is 0 Å². The van der Waals surface area contributed by atoms with Gasteiger partial charge in [-0.25, -0.2) is 0 Å². The van der Waals surface area contributed by atoms with E-state index in [1.165, 1.54) is 0 Å². The van der Waals surface area contributed by atoms with Crippen LogP contribution in [0.25, 0.3) is 0 Å². The number of ether oxygens (including phenoxy) is 1. The molecule has 1 atom stereocenters. The fourth-order valence-electron chi connectivity index (χ4n) is 1.37. The zero-order chi connectivity index (χ0) is 8.60. The van der Waals surface area contributed by atoms with Crippen LogP contribution >= 0.6 is 27.3 Å². The Kier molecular flexibility index (Phi) is 2.18. The molecule has 0 aromatic carbocycles. The summed E-state index contributed by atoms with van der Waals surface area (Å²) in [6.45, 7) is 2.92. The van der Waals surface area contributed by atoms with Crippen LogP contribution in [0.15, 0.2) is 3.92 Å². The largest absolute Gasteiger partial charge is 0.368 e. The maximum Gasteiger partial charge on any atom is 0.183 e. The fourth-order valence-corrected chi connectivity index (χ4v) is 2.61. The van der Waals surface area contributed by atoms with E-state index in [2.05, 4.69) is 33.1 Å². The van der Waals surface area contributed by atoms with Crippen molar-refractivity contribution in [3.05, 3.63) is 8.92 Å². The minimum Gasteiger partial charge on any atom is -0.368 e. The van der Waals surface area contributed by atoms with Crippen LogP contribution in [0.5, 0.6) is 0 Å². The van der Waals surface area contributed by atoms with Crippen molar-refractivity contribution in [3.8, 4) is 0 Å². The summed E-state index contributed by atoms with van der Waals surface area (Å²) in [5, 5.41) is 8.96. The lowest BCUT2D eigenvalue weighted by molar-refractivity contribution is 0.0161. The van der Waals surface area contributed by atoms with Gasteiger partial charge in [-0.3, -0.25) is 0 Å². The van der Waals surface area contributed by atoms with E-state index in [4.69, 9.17) is 4.74 Å². The van der Waals surface area contributed by atoms with Crippen LogP contribution in [0, 0.1) is 0 Å². The highest BCUT2D eigenvalue weighted by atomic mass is 79.9. The van der Waals surface area contributed by atoms with Gasteiger partial charge < -0.3 is 4.74 Å². The Morgan fingerprint density at radius 3 is 2.92 bits per heavy atom. The maximum absolute atomic E-state index is 5.63. The van der Waals surface area contributed by atoms with Gasteiger partial charge in [0.15, 0.2) is 3.92 Å². The van der Waals surface area contributed by atoms with Gasteiger partial charge in [-0.15, -0.1) is 10.2 Å². The molecule has 66 valence electrons. The van der Waals surface area contributed by atoms with Crippen LogP contribution < -0.4 is 0 Å². The molecule has 12 heavy (non-hydrogen) atoms. The molecule has 1 saturated heterocycles. The summed E-state index contributed by atoms with van der Waals surface area (Å²) in [4.78, 5) is 0. The average Bonchev–Trinajstić information content (AvgIpc) is 2.59. The second-order valence-electron chi connectivity index (χ2n) is 3.04. The van der Waals surface area contributed by atoms with Gasteiger partial charge >= 0.3 is 0 Å². The van der Waals surface area contributed by atoms with E-state index in [1.807, 2.05) is 0 Å². The molecule has 1 aromatic heterocycles. The van der Waals surface area contributed by atoms with Gasteiger partial charge in [-0.05, 0) is 35.7 Å². The molecule has 2 rings (SSSR count). The van der Waals surface area contributed by atoms with Crippen LogP contribution in [-0.4, -0.2) is 16.8 Å². The molecule has 1 unspecified atom stereocenters. The molecule has 5 heteroatoms. The topological polar surface area (TPSA) is 35.0 Å². The third-order valence-electron chi connectivity index (χ3n) is 2.07. The molecule has 1 aliphatic heterocycles. The second-order valence-corrected chi connectivity index (χ2v) is 5.30. The van der Waals surface area contributed by atoms with Gasteiger partial charge in [-0.1, -0.05) is 11.3 Å². The summed E-state index contributed by atoms with van der Waals surface area (Å²) in [7, 11) is 0. The smallest absolute Gasteiger partial charge is 0.183 e. The van der Waals surface area contributed by atoms with Crippen LogP contribution in [0.1, 0.15) is 24.8 Å². The quantitative estimate of drug-likeness (QED) is 0.766. The Balaban J connectivity index is 2.28. The molecule has 0 amide bonds. The van der Waals surface area contributed by atoms with Crippen LogP contribution in [0.4, 0.5) is 0 Å². The summed E-state index contributed by atoms with van der Waals surface area (Å²) in [5.41, 5.74) is -0.177. The number of rotatable bonds is 1. The molecular formula is C7H9BrN2OS. The number of halogens is 1. The van der Waals surface area contributed by atoms with E-state index in [9.17, 15) is 0 Å². The minimum atomic E-state index is -0.177. The first-order valence-corrected chi connectivity index (χ1v) is 5.45. The lowest BCUT2D eigenvalue weighted by atomic mass is 10.0. The van der Waals surface area contributed by atoms with E-state index >= 15 is 0 Å². The van der Waals surface area contributed by atoms with Crippen LogP contribution in [-0.2, 0) is 10.3 Å². The molecule has 1 aromatic rings. The predicted molar refractivity (Wildman–Crippen MR) is 50.1 cm³/mol. The summed E-state index contributed by atoms with van der Waals surface area (Å²) in [6.07, 6.45) is 2.17. The predicted octanol–water partition coefficient (Wildman–Crippen LogP) is 2.33. The summed E-state index contributed by atoms with van der Waals surface area (Å²) >= 11 is 4.85. The fraction of sp³-hybridized carbons (Fsp3) is 0.714. The molecule has 3 nitrogen and oxygen atoms in total. The van der Waals surface area contributed by atoms with E-state index in [1.54, 1.807) is 11.3 Å². The second kappa shape index (κ2) is 3.05. The van der Waals surface area contributed by atoms with Crippen LogP contribution in [0.2, 0.25) is 0 Å². The van der Waals surface area contributed by atoms with Gasteiger partial charge in [0, 0.05) is 6.61 Å². The lowest BCUT2D eigenvalue weighted by Gasteiger charge is -2.18. The van der Waals surface area contributed by atoms with E-state index in [-0.39, 0.29) is 5.60 Å². The van der Waals surface area contributed by atoms with Crippen LogP contribution in [0.3, 0.4) is 0 Å². The highest BCUT2D eigenvalue weighted by molar-refractivity contribution is 9.11. The van der Waals surface area contributed by atoms with E-state index in [0.717, 1.165) is 28.4 Å². The first kappa shape index (κ1) is 8.59. The molecule has 1 fully saturated rings. The number of nitrogens with zero attached hydrogens (tertiary/aromatic N) is 2. The van der Waals surface area contributed by atoms with Crippen molar-refractivity contribution in [1.29, 1.82) is 0 Å². The van der Waals surface area contributed by atoms with Crippen molar-refractivity contribution in [1.82, 2.24) is 10.2 Å². The van der Waals surface area contributed by atoms with Crippen molar-refractivity contribution in [2.75, 3.05) is 6.61 Å². The minimum absolute atomic E-state index is 0.177. The first-order chi connectivity index (χ1) is 5.71. The van der Waals surface area contributed by atoms with Gasteiger partial charge in [0.05, 0.1) is 0 Å². The number of hydrogen-bond acceptors (Lipinski definition) is 4. The standard InChI is InChI=1S/C7H9BrN2OS/c1-7(3-2-4-11-7)5-9-10-6(8)12-5/h2-4H2,1H3. The Hall–Kier alpha value is -0.0000000000000000486. The van der Waals surface area contributed by atoms with E-state index in [0.29, 0.717) is 0 Å². The number of hydrogen-bond donors (Lipinski definition) is 0. The monoisotopic (exact) mass is 248 g/mol. The molecule has 0 saturated carbocycles. The van der Waals surface area contributed by atoms with Crippen molar-refractivity contribution < 1.29 is 4.74 Å². The number of aromatic nitrogens is 2. The van der Waals surface area contributed by atoms with Gasteiger partial charge in [0.1, 0.15) is 10.6 Å². The molecule has 0 spiro atoms. The lowest BCUT2D eigenvalue weighted by Crippen LogP contribution is -2.19. The Labute approximate surface area is 83.3 Å². The summed E-state index contributed by atoms with van der Waals surface area (Å²) in [6, 6.07) is 0. The molecule has 1 aliphatic rings. The summed E-state index contributed by atoms with van der Waals surface area (Å²) in [5.74, 6) is 0. The zero-order valence-electron chi connectivity index (χ0n) is 6.71. The summed E-state index contributed by atoms with van der Waals surface area (Å²) < 4.78 is 6.45. The molecular weight excluding hydrogens is 240 g/mol. The molecule has 0 bridgehead atoms. The first-order valence-electron chi connectivity index (χ1n) is 3.84. The maximum atomic E-state index is 5.63. The molecule has 0 N–H and O–H groups in total. The normalized spacial score (nSPS) is 29.5. The Bertz CT molecular complexity index is 283. The third kappa shape index (κ3) is 1.41. The highest BCUT2D eigenvalue weighted by Gasteiger charge is 2.35. The zero-order valence-corrected chi connectivity index (χ0v) is 9.11. The molecule has 0 aliphatic carbocycles. The highest BCUT2D eigenvalue weighted by Crippen LogP contribution is 2.37. The Morgan fingerprint density at radius 1 is 1.58 bits per heavy atom. The molecule has 0 radical (unpaired) electrons. The van der Waals surface area contributed by atoms with Crippen molar-refractivity contribution >= 4 is 27.3 Å². The van der Waals surface area contributed by atoms with E-state index < -0.39 is 0 Å². The van der Waals surface area contributed by atoms with Gasteiger partial charge in [-0.2, -0.15) is 0 Å². The average molecular weight is 249 g/mol. The molecule has 2 heterocycles. The van der Waals surface area contributed by atoms with Gasteiger partial charge in [0.2, 0.25) is 0 Å². The third-order valence-corrected chi connectivity index (χ3v) is 3.67. The van der Waals surface area contributed by atoms with Crippen molar-refractivity contribution in [2.45, 2.75) is 25.4 Å². The van der Waals surface area contributed by atoms with Crippen molar-refractivity contribution in [3.63, 3.8) is 0 Å². The Morgan fingerprint density at radius 2 is 2.42 bits per heavy atom. The van der Waals surface area contributed by atoms with Gasteiger partial charge in [0.25, 0.3) is 0 Å². The SMILES string of the molecule is CC1(c2nnc(Br)s2)CCCO1.